The van der Waals surface area contributed by atoms with Gasteiger partial charge in [-0.05, 0) is 6.07 Å². The maximum Gasteiger partial charge on any atom is 0.305 e. The largest absolute Gasteiger partial charge is 0.481 e. The standard InChI is InChI=1S/C12H13FN2O4S/c13-10-5-8(15(18)19)1-2-11(10)14-3-4-20-7-9(14)6-12(16)17/h1-2,5,9H,3-4,6-7H2,(H,16,17). The summed E-state index contributed by atoms with van der Waals surface area (Å²) in [6, 6.07) is 3.15. The molecule has 1 aliphatic rings. The van der Waals surface area contributed by atoms with Gasteiger partial charge in [0.05, 0.1) is 23.1 Å². The van der Waals surface area contributed by atoms with Crippen LogP contribution in [-0.2, 0) is 4.79 Å². The Balaban J connectivity index is 2.27. The first-order valence-corrected chi connectivity index (χ1v) is 7.14. The highest BCUT2D eigenvalue weighted by Crippen LogP contribution is 2.30. The van der Waals surface area contributed by atoms with Crippen molar-refractivity contribution < 1.29 is 19.2 Å². The molecule has 2 rings (SSSR count). The molecule has 6 nitrogen and oxygen atoms in total. The van der Waals surface area contributed by atoms with Gasteiger partial charge in [0.2, 0.25) is 0 Å². The van der Waals surface area contributed by atoms with Crippen molar-refractivity contribution in [1.82, 2.24) is 0 Å². The fourth-order valence-corrected chi connectivity index (χ4v) is 3.25. The van der Waals surface area contributed by atoms with Gasteiger partial charge in [-0.3, -0.25) is 14.9 Å². The highest BCUT2D eigenvalue weighted by atomic mass is 32.2. The monoisotopic (exact) mass is 300 g/mol. The van der Waals surface area contributed by atoms with Crippen LogP contribution in [0.2, 0.25) is 0 Å². The third-order valence-corrected chi connectivity index (χ3v) is 4.18. The lowest BCUT2D eigenvalue weighted by Crippen LogP contribution is -2.44. The van der Waals surface area contributed by atoms with Crippen molar-refractivity contribution in [3.05, 3.63) is 34.1 Å². The fourth-order valence-electron chi connectivity index (χ4n) is 2.18. The molecule has 0 aliphatic carbocycles. The summed E-state index contributed by atoms with van der Waals surface area (Å²) in [4.78, 5) is 22.5. The molecule has 1 N–H and O–H groups in total. The number of non-ortho nitro benzene ring substituents is 1. The van der Waals surface area contributed by atoms with Crippen molar-refractivity contribution in [2.75, 3.05) is 23.0 Å². The molecular weight excluding hydrogens is 287 g/mol. The predicted octanol–water partition coefficient (Wildman–Crippen LogP) is 2.13. The molecule has 20 heavy (non-hydrogen) atoms. The zero-order chi connectivity index (χ0) is 14.7. The van der Waals surface area contributed by atoms with Gasteiger partial charge in [-0.25, -0.2) is 4.39 Å². The number of halogens is 1. The van der Waals surface area contributed by atoms with Gasteiger partial charge in [-0.1, -0.05) is 0 Å². The minimum absolute atomic E-state index is 0.0799. The molecule has 0 radical (unpaired) electrons. The van der Waals surface area contributed by atoms with Crippen molar-refractivity contribution >= 4 is 29.1 Å². The van der Waals surface area contributed by atoms with Crippen LogP contribution in [0.4, 0.5) is 15.8 Å². The summed E-state index contributed by atoms with van der Waals surface area (Å²) in [6.45, 7) is 0.525. The fraction of sp³-hybridized carbons (Fsp3) is 0.417. The van der Waals surface area contributed by atoms with Crippen molar-refractivity contribution in [3.8, 4) is 0 Å². The number of nitro groups is 1. The van der Waals surface area contributed by atoms with Crippen LogP contribution in [0.3, 0.4) is 0 Å². The number of rotatable bonds is 4. The smallest absolute Gasteiger partial charge is 0.305 e. The first-order valence-electron chi connectivity index (χ1n) is 5.99. The number of hydrogen-bond donors (Lipinski definition) is 1. The highest BCUT2D eigenvalue weighted by Gasteiger charge is 2.27. The Morgan fingerprint density at radius 3 is 2.95 bits per heavy atom. The van der Waals surface area contributed by atoms with Crippen LogP contribution in [0.25, 0.3) is 0 Å². The number of nitro benzene ring substituents is 1. The van der Waals surface area contributed by atoms with Crippen LogP contribution in [0.1, 0.15) is 6.42 Å². The van der Waals surface area contributed by atoms with Crippen LogP contribution in [0.5, 0.6) is 0 Å². The average molecular weight is 300 g/mol. The van der Waals surface area contributed by atoms with Crippen LogP contribution >= 0.6 is 11.8 Å². The summed E-state index contributed by atoms with van der Waals surface area (Å²) < 4.78 is 14.0. The molecule has 8 heteroatoms. The Kier molecular flexibility index (Phi) is 4.43. The maximum absolute atomic E-state index is 14.0. The molecule has 1 aliphatic heterocycles. The van der Waals surface area contributed by atoms with E-state index < -0.39 is 16.7 Å². The van der Waals surface area contributed by atoms with E-state index in [1.54, 1.807) is 16.7 Å². The first-order chi connectivity index (χ1) is 9.49. The number of carboxylic acids is 1. The number of carboxylic acid groups (broad SMARTS) is 1. The zero-order valence-corrected chi connectivity index (χ0v) is 11.3. The Labute approximate surface area is 118 Å². The van der Waals surface area contributed by atoms with Crippen LogP contribution in [0.15, 0.2) is 18.2 Å². The lowest BCUT2D eigenvalue weighted by atomic mass is 10.1. The average Bonchev–Trinajstić information content (AvgIpc) is 2.39. The van der Waals surface area contributed by atoms with E-state index in [9.17, 15) is 19.3 Å². The maximum atomic E-state index is 14.0. The van der Waals surface area contributed by atoms with Gasteiger partial charge in [-0.2, -0.15) is 11.8 Å². The topological polar surface area (TPSA) is 83.7 Å². The highest BCUT2D eigenvalue weighted by molar-refractivity contribution is 7.99. The Morgan fingerprint density at radius 1 is 1.60 bits per heavy atom. The zero-order valence-electron chi connectivity index (χ0n) is 10.5. The van der Waals surface area contributed by atoms with Crippen LogP contribution in [-0.4, -0.2) is 40.1 Å². The number of hydrogen-bond acceptors (Lipinski definition) is 5. The first kappa shape index (κ1) is 14.6. The van der Waals surface area contributed by atoms with E-state index in [1.807, 2.05) is 0 Å². The predicted molar refractivity (Wildman–Crippen MR) is 73.8 cm³/mol. The molecular formula is C12H13FN2O4S. The van der Waals surface area contributed by atoms with Gasteiger partial charge in [0.1, 0.15) is 0 Å². The van der Waals surface area contributed by atoms with Gasteiger partial charge in [0.15, 0.2) is 5.82 Å². The molecule has 1 aromatic carbocycles. The van der Waals surface area contributed by atoms with Gasteiger partial charge in [-0.15, -0.1) is 0 Å². The summed E-state index contributed by atoms with van der Waals surface area (Å²) >= 11 is 1.62. The third kappa shape index (κ3) is 3.19. The summed E-state index contributed by atoms with van der Waals surface area (Å²) in [6.07, 6.45) is -0.0799. The molecule has 1 unspecified atom stereocenters. The normalized spacial score (nSPS) is 18.9. The molecule has 0 bridgehead atoms. The van der Waals surface area contributed by atoms with E-state index in [4.69, 9.17) is 5.11 Å². The number of aliphatic carboxylic acids is 1. The number of carbonyl (C=O) groups is 1. The third-order valence-electron chi connectivity index (χ3n) is 3.09. The van der Waals surface area contributed by atoms with E-state index in [0.717, 1.165) is 11.8 Å². The number of nitrogens with zero attached hydrogens (tertiary/aromatic N) is 2. The molecule has 1 heterocycles. The molecule has 0 spiro atoms. The summed E-state index contributed by atoms with van der Waals surface area (Å²) in [5.41, 5.74) is -0.0884. The quantitative estimate of drug-likeness (QED) is 0.677. The second-order valence-corrected chi connectivity index (χ2v) is 5.56. The Hall–Kier alpha value is -1.83. The van der Waals surface area contributed by atoms with Crippen LogP contribution < -0.4 is 4.90 Å². The Morgan fingerprint density at radius 2 is 2.35 bits per heavy atom. The van der Waals surface area contributed by atoms with Gasteiger partial charge >= 0.3 is 5.97 Å². The van der Waals surface area contributed by atoms with Crippen molar-refractivity contribution in [3.63, 3.8) is 0 Å². The minimum Gasteiger partial charge on any atom is -0.481 e. The minimum atomic E-state index is -0.940. The molecule has 0 amide bonds. The molecule has 1 aromatic rings. The van der Waals surface area contributed by atoms with Crippen molar-refractivity contribution in [2.24, 2.45) is 0 Å². The lowest BCUT2D eigenvalue weighted by molar-refractivity contribution is -0.385. The van der Waals surface area contributed by atoms with Crippen LogP contribution in [0, 0.1) is 15.9 Å². The SMILES string of the molecule is O=C(O)CC1CSCCN1c1ccc([N+](=O)[O-])cc1F. The number of benzene rings is 1. The molecule has 1 atom stereocenters. The van der Waals surface area contributed by atoms with Gasteiger partial charge in [0.25, 0.3) is 5.69 Å². The van der Waals surface area contributed by atoms with E-state index in [-0.39, 0.29) is 23.8 Å². The number of thioether (sulfide) groups is 1. The summed E-state index contributed by atoms with van der Waals surface area (Å²) in [7, 11) is 0. The summed E-state index contributed by atoms with van der Waals surface area (Å²) in [5.74, 6) is -0.263. The van der Waals surface area contributed by atoms with E-state index in [1.165, 1.54) is 12.1 Å². The Bertz CT molecular complexity index is 540. The van der Waals surface area contributed by atoms with E-state index >= 15 is 0 Å². The second kappa shape index (κ2) is 6.08. The van der Waals surface area contributed by atoms with Crippen molar-refractivity contribution in [1.29, 1.82) is 0 Å². The van der Waals surface area contributed by atoms with E-state index in [0.29, 0.717) is 12.3 Å². The summed E-state index contributed by atoms with van der Waals surface area (Å²) in [5, 5.41) is 19.5. The molecule has 108 valence electrons. The lowest BCUT2D eigenvalue weighted by Gasteiger charge is -2.36. The second-order valence-electron chi connectivity index (χ2n) is 4.41. The van der Waals surface area contributed by atoms with Gasteiger partial charge in [0, 0.05) is 30.2 Å². The molecule has 1 saturated heterocycles. The molecule has 0 saturated carbocycles. The van der Waals surface area contributed by atoms with Crippen molar-refractivity contribution in [2.45, 2.75) is 12.5 Å². The van der Waals surface area contributed by atoms with E-state index in [2.05, 4.69) is 0 Å². The molecule has 0 aromatic heterocycles. The number of anilines is 1. The molecule has 1 fully saturated rings. The van der Waals surface area contributed by atoms with Gasteiger partial charge < -0.3 is 10.0 Å².